The third kappa shape index (κ3) is 3.85. The van der Waals surface area contributed by atoms with E-state index < -0.39 is 0 Å². The number of para-hydroxylation sites is 1. The molecular formula is C19H24N4O. The third-order valence-corrected chi connectivity index (χ3v) is 4.03. The number of aromatic amines is 1. The van der Waals surface area contributed by atoms with E-state index in [1.54, 1.807) is 0 Å². The maximum atomic E-state index is 12.1. The van der Waals surface area contributed by atoms with Gasteiger partial charge in [0.1, 0.15) is 5.69 Å². The lowest BCUT2D eigenvalue weighted by atomic mass is 10.1. The second kappa shape index (κ2) is 7.34. The zero-order valence-electron chi connectivity index (χ0n) is 14.2. The number of nitrogens with one attached hydrogen (secondary N) is 2. The number of carbonyl (C=O) groups excluding carboxylic acids is 1. The van der Waals surface area contributed by atoms with Crippen molar-refractivity contribution in [2.24, 2.45) is 5.92 Å². The van der Waals surface area contributed by atoms with E-state index in [1.165, 1.54) is 10.9 Å². The average molecular weight is 324 g/mol. The van der Waals surface area contributed by atoms with Gasteiger partial charge in [-0.15, -0.1) is 0 Å². The lowest BCUT2D eigenvalue weighted by Gasteiger charge is -2.06. The van der Waals surface area contributed by atoms with Gasteiger partial charge in [0, 0.05) is 30.5 Å². The van der Waals surface area contributed by atoms with Crippen LogP contribution in [0.2, 0.25) is 0 Å². The predicted octanol–water partition coefficient (Wildman–Crippen LogP) is 3.38. The van der Waals surface area contributed by atoms with Gasteiger partial charge in [-0.1, -0.05) is 32.0 Å². The van der Waals surface area contributed by atoms with Gasteiger partial charge in [-0.2, -0.15) is 5.10 Å². The van der Waals surface area contributed by atoms with Crippen molar-refractivity contribution in [2.75, 3.05) is 6.54 Å². The number of amides is 1. The molecule has 1 aromatic carbocycles. The molecule has 0 aliphatic rings. The molecule has 0 aliphatic carbocycles. The lowest BCUT2D eigenvalue weighted by Crippen LogP contribution is -2.25. The van der Waals surface area contributed by atoms with Crippen molar-refractivity contribution in [2.45, 2.75) is 33.2 Å². The number of aryl methyl sites for hydroxylation is 1. The van der Waals surface area contributed by atoms with E-state index in [0.29, 0.717) is 18.2 Å². The zero-order valence-corrected chi connectivity index (χ0v) is 14.2. The summed E-state index contributed by atoms with van der Waals surface area (Å²) >= 11 is 0. The number of aromatic nitrogens is 3. The first-order chi connectivity index (χ1) is 11.6. The molecular weight excluding hydrogens is 300 g/mol. The van der Waals surface area contributed by atoms with Crippen molar-refractivity contribution in [1.29, 1.82) is 0 Å². The summed E-state index contributed by atoms with van der Waals surface area (Å²) in [5.41, 5.74) is 2.71. The molecule has 2 aromatic heterocycles. The molecule has 2 heterocycles. The third-order valence-electron chi connectivity index (χ3n) is 4.03. The monoisotopic (exact) mass is 324 g/mol. The Kier molecular flexibility index (Phi) is 4.99. The van der Waals surface area contributed by atoms with Gasteiger partial charge in [0.2, 0.25) is 0 Å². The molecule has 0 atom stereocenters. The molecule has 24 heavy (non-hydrogen) atoms. The van der Waals surface area contributed by atoms with Gasteiger partial charge >= 0.3 is 0 Å². The Morgan fingerprint density at radius 1 is 1.29 bits per heavy atom. The summed E-state index contributed by atoms with van der Waals surface area (Å²) in [6.07, 6.45) is 3.88. The molecule has 1 amide bonds. The highest BCUT2D eigenvalue weighted by Crippen LogP contribution is 2.15. The fraction of sp³-hybridized carbons (Fsp3) is 0.368. The summed E-state index contributed by atoms with van der Waals surface area (Å²) in [4.78, 5) is 12.1. The smallest absolute Gasteiger partial charge is 0.271 e. The molecule has 2 N–H and O–H groups in total. The first-order valence-corrected chi connectivity index (χ1v) is 8.50. The summed E-state index contributed by atoms with van der Waals surface area (Å²) in [6.45, 7) is 5.81. The molecule has 5 nitrogen and oxygen atoms in total. The highest BCUT2D eigenvalue weighted by atomic mass is 16.1. The summed E-state index contributed by atoms with van der Waals surface area (Å²) in [5.74, 6) is 0.427. The standard InChI is InChI=1S/C19H24N4O/c1-14(2)12-16-13-17(22-21-16)19(24)20-9-5-10-23-11-8-15-6-3-4-7-18(15)23/h3-4,6-8,11,13-14H,5,9-10,12H2,1-2H3,(H,20,24)(H,21,22). The maximum absolute atomic E-state index is 12.1. The number of hydrogen-bond donors (Lipinski definition) is 2. The van der Waals surface area contributed by atoms with Crippen LogP contribution in [0.1, 0.15) is 36.5 Å². The van der Waals surface area contributed by atoms with Crippen molar-refractivity contribution >= 4 is 16.8 Å². The molecule has 0 bridgehead atoms. The Labute approximate surface area is 142 Å². The fourth-order valence-electron chi connectivity index (χ4n) is 2.90. The summed E-state index contributed by atoms with van der Waals surface area (Å²) < 4.78 is 2.22. The minimum absolute atomic E-state index is 0.112. The van der Waals surface area contributed by atoms with Crippen molar-refractivity contribution in [3.63, 3.8) is 0 Å². The van der Waals surface area contributed by atoms with E-state index in [0.717, 1.165) is 25.1 Å². The molecule has 0 saturated heterocycles. The van der Waals surface area contributed by atoms with E-state index in [9.17, 15) is 4.79 Å². The zero-order chi connectivity index (χ0) is 16.9. The van der Waals surface area contributed by atoms with Gasteiger partial charge in [0.15, 0.2) is 0 Å². The first-order valence-electron chi connectivity index (χ1n) is 8.50. The Hall–Kier alpha value is -2.56. The largest absolute Gasteiger partial charge is 0.351 e. The molecule has 126 valence electrons. The molecule has 5 heteroatoms. The van der Waals surface area contributed by atoms with Crippen molar-refractivity contribution in [3.05, 3.63) is 54.0 Å². The van der Waals surface area contributed by atoms with Gasteiger partial charge < -0.3 is 9.88 Å². The molecule has 3 rings (SSSR count). The predicted molar refractivity (Wildman–Crippen MR) is 96.0 cm³/mol. The number of rotatable bonds is 7. The summed E-state index contributed by atoms with van der Waals surface area (Å²) in [6, 6.07) is 12.3. The minimum Gasteiger partial charge on any atom is -0.351 e. The van der Waals surface area contributed by atoms with Crippen LogP contribution in [-0.2, 0) is 13.0 Å². The first kappa shape index (κ1) is 16.3. The second-order valence-electron chi connectivity index (χ2n) is 6.55. The topological polar surface area (TPSA) is 62.7 Å². The van der Waals surface area contributed by atoms with Crippen LogP contribution in [0.15, 0.2) is 42.6 Å². The summed E-state index contributed by atoms with van der Waals surface area (Å²) in [7, 11) is 0. The van der Waals surface area contributed by atoms with Gasteiger partial charge in [-0.05, 0) is 42.3 Å². The highest BCUT2D eigenvalue weighted by Gasteiger charge is 2.10. The van der Waals surface area contributed by atoms with Gasteiger partial charge in [0.25, 0.3) is 5.91 Å². The average Bonchev–Trinajstić information content (AvgIpc) is 3.18. The van der Waals surface area contributed by atoms with Crippen LogP contribution in [0.5, 0.6) is 0 Å². The van der Waals surface area contributed by atoms with E-state index in [4.69, 9.17) is 0 Å². The summed E-state index contributed by atoms with van der Waals surface area (Å²) in [5, 5.41) is 11.2. The molecule has 0 spiro atoms. The fourth-order valence-corrected chi connectivity index (χ4v) is 2.90. The van der Waals surface area contributed by atoms with E-state index in [2.05, 4.69) is 58.3 Å². The molecule has 0 radical (unpaired) electrons. The normalized spacial score (nSPS) is 11.3. The highest BCUT2D eigenvalue weighted by molar-refractivity contribution is 5.92. The van der Waals surface area contributed by atoms with Crippen molar-refractivity contribution < 1.29 is 4.79 Å². The second-order valence-corrected chi connectivity index (χ2v) is 6.55. The SMILES string of the molecule is CC(C)Cc1cc(C(=O)NCCCn2ccc3ccccc32)n[nH]1. The Balaban J connectivity index is 1.47. The Morgan fingerprint density at radius 3 is 2.96 bits per heavy atom. The number of fused-ring (bicyclic) bond motifs is 1. The molecule has 3 aromatic rings. The van der Waals surface area contributed by atoms with Crippen LogP contribution in [-0.4, -0.2) is 27.2 Å². The molecule has 0 aliphatic heterocycles. The lowest BCUT2D eigenvalue weighted by molar-refractivity contribution is 0.0947. The van der Waals surface area contributed by atoms with Crippen molar-refractivity contribution in [3.8, 4) is 0 Å². The molecule has 0 saturated carbocycles. The molecule has 0 fully saturated rings. The van der Waals surface area contributed by atoms with Crippen LogP contribution in [0.3, 0.4) is 0 Å². The van der Waals surface area contributed by atoms with Gasteiger partial charge in [0.05, 0.1) is 0 Å². The Morgan fingerprint density at radius 2 is 2.12 bits per heavy atom. The molecule has 0 unspecified atom stereocenters. The van der Waals surface area contributed by atoms with Gasteiger partial charge in [-0.25, -0.2) is 0 Å². The van der Waals surface area contributed by atoms with Gasteiger partial charge in [-0.3, -0.25) is 9.89 Å². The minimum atomic E-state index is -0.112. The number of nitrogens with zero attached hydrogens (tertiary/aromatic N) is 2. The number of hydrogen-bond acceptors (Lipinski definition) is 2. The quantitative estimate of drug-likeness (QED) is 0.654. The maximum Gasteiger partial charge on any atom is 0.271 e. The van der Waals surface area contributed by atoms with Crippen LogP contribution in [0.25, 0.3) is 10.9 Å². The van der Waals surface area contributed by atoms with Crippen LogP contribution < -0.4 is 5.32 Å². The van der Waals surface area contributed by atoms with E-state index in [-0.39, 0.29) is 5.91 Å². The van der Waals surface area contributed by atoms with Crippen LogP contribution in [0.4, 0.5) is 0 Å². The van der Waals surface area contributed by atoms with Crippen molar-refractivity contribution in [1.82, 2.24) is 20.1 Å². The number of H-pyrrole nitrogens is 1. The van der Waals surface area contributed by atoms with Crippen LogP contribution >= 0.6 is 0 Å². The Bertz CT molecular complexity index is 816. The number of benzene rings is 1. The van der Waals surface area contributed by atoms with E-state index in [1.807, 2.05) is 18.2 Å². The van der Waals surface area contributed by atoms with E-state index >= 15 is 0 Å². The van der Waals surface area contributed by atoms with Crippen LogP contribution in [0, 0.1) is 5.92 Å². The number of carbonyl (C=O) groups is 1.